The molecule has 0 radical (unpaired) electrons. The summed E-state index contributed by atoms with van der Waals surface area (Å²) >= 11 is 0. The van der Waals surface area contributed by atoms with E-state index in [2.05, 4.69) is 5.32 Å². The first-order valence-electron chi connectivity index (χ1n) is 7.79. The van der Waals surface area contributed by atoms with Crippen molar-refractivity contribution in [1.82, 2.24) is 0 Å². The van der Waals surface area contributed by atoms with Crippen LogP contribution in [0.15, 0.2) is 54.6 Å². The highest BCUT2D eigenvalue weighted by Crippen LogP contribution is 2.21. The van der Waals surface area contributed by atoms with Gasteiger partial charge < -0.3 is 14.8 Å². The molecule has 1 atom stereocenters. The molecule has 1 amide bonds. The van der Waals surface area contributed by atoms with Gasteiger partial charge in [0.25, 0.3) is 5.91 Å². The van der Waals surface area contributed by atoms with E-state index in [0.29, 0.717) is 17.9 Å². The number of anilines is 1. The number of nitrogens with one attached hydrogen (secondary N) is 1. The van der Waals surface area contributed by atoms with Crippen LogP contribution in [0.3, 0.4) is 0 Å². The van der Waals surface area contributed by atoms with Crippen LogP contribution in [0, 0.1) is 0 Å². The van der Waals surface area contributed by atoms with Gasteiger partial charge in [0.15, 0.2) is 6.61 Å². The average Bonchev–Trinajstić information content (AvgIpc) is 2.61. The van der Waals surface area contributed by atoms with E-state index in [-0.39, 0.29) is 18.4 Å². The Morgan fingerprint density at radius 1 is 1.08 bits per heavy atom. The maximum atomic E-state index is 12.2. The minimum absolute atomic E-state index is 0.320. The average molecular weight is 327 g/mol. The summed E-state index contributed by atoms with van der Waals surface area (Å²) in [6, 6.07) is 16.4. The fourth-order valence-electron chi connectivity index (χ4n) is 2.36. The van der Waals surface area contributed by atoms with Gasteiger partial charge in [0.2, 0.25) is 0 Å². The molecule has 0 aliphatic heterocycles. The van der Waals surface area contributed by atoms with Gasteiger partial charge in [0, 0.05) is 11.8 Å². The highest BCUT2D eigenvalue weighted by Gasteiger charge is 2.20. The third kappa shape index (κ3) is 4.84. The van der Waals surface area contributed by atoms with Gasteiger partial charge in [-0.15, -0.1) is 0 Å². The van der Waals surface area contributed by atoms with E-state index < -0.39 is 5.97 Å². The highest BCUT2D eigenvalue weighted by molar-refractivity contribution is 5.93. The van der Waals surface area contributed by atoms with Crippen LogP contribution in [0.25, 0.3) is 0 Å². The van der Waals surface area contributed by atoms with Crippen molar-refractivity contribution in [2.45, 2.75) is 19.3 Å². The Kier molecular flexibility index (Phi) is 6.37. The fourth-order valence-corrected chi connectivity index (χ4v) is 2.36. The Balaban J connectivity index is 1.89. The molecular weight excluding hydrogens is 306 g/mol. The van der Waals surface area contributed by atoms with Crippen LogP contribution >= 0.6 is 0 Å². The smallest absolute Gasteiger partial charge is 0.313 e. The van der Waals surface area contributed by atoms with Gasteiger partial charge >= 0.3 is 5.97 Å². The van der Waals surface area contributed by atoms with Gasteiger partial charge in [0.05, 0.1) is 13.0 Å². The summed E-state index contributed by atoms with van der Waals surface area (Å²) in [6.07, 6.45) is 0.611. The molecule has 1 N–H and O–H groups in total. The van der Waals surface area contributed by atoms with Gasteiger partial charge in [0.1, 0.15) is 5.75 Å². The van der Waals surface area contributed by atoms with Gasteiger partial charge in [-0.3, -0.25) is 9.59 Å². The number of amides is 1. The second-order valence-corrected chi connectivity index (χ2v) is 5.26. The Morgan fingerprint density at radius 2 is 1.83 bits per heavy atom. The van der Waals surface area contributed by atoms with E-state index in [1.165, 1.54) is 0 Å². The molecule has 0 bridgehead atoms. The molecule has 24 heavy (non-hydrogen) atoms. The molecule has 5 nitrogen and oxygen atoms in total. The number of ether oxygens (including phenoxy) is 2. The van der Waals surface area contributed by atoms with Gasteiger partial charge in [-0.1, -0.05) is 43.3 Å². The quantitative estimate of drug-likeness (QED) is 0.792. The van der Waals surface area contributed by atoms with E-state index >= 15 is 0 Å². The first-order valence-corrected chi connectivity index (χ1v) is 7.79. The lowest BCUT2D eigenvalue weighted by atomic mass is 9.97. The molecule has 0 spiro atoms. The number of esters is 1. The Labute approximate surface area is 141 Å². The third-order valence-electron chi connectivity index (χ3n) is 3.59. The molecule has 0 heterocycles. The fraction of sp³-hybridized carbons (Fsp3) is 0.263. The van der Waals surface area contributed by atoms with Crippen LogP contribution in [-0.4, -0.2) is 25.6 Å². The van der Waals surface area contributed by atoms with Crippen LogP contribution < -0.4 is 10.1 Å². The Hall–Kier alpha value is -2.82. The maximum absolute atomic E-state index is 12.2. The van der Waals surface area contributed by atoms with Crippen LogP contribution in [-0.2, 0) is 14.3 Å². The zero-order chi connectivity index (χ0) is 17.4. The summed E-state index contributed by atoms with van der Waals surface area (Å²) in [5.74, 6) is -0.514. The number of carbonyl (C=O) groups excluding carboxylic acids is 2. The first kappa shape index (κ1) is 17.5. The maximum Gasteiger partial charge on any atom is 0.313 e. The lowest BCUT2D eigenvalue weighted by Gasteiger charge is -2.14. The molecule has 2 rings (SSSR count). The van der Waals surface area contributed by atoms with Crippen molar-refractivity contribution >= 4 is 17.6 Å². The molecule has 0 aliphatic carbocycles. The zero-order valence-corrected chi connectivity index (χ0v) is 13.8. The van der Waals surface area contributed by atoms with Crippen LogP contribution in [0.5, 0.6) is 5.75 Å². The van der Waals surface area contributed by atoms with Crippen molar-refractivity contribution in [3.05, 3.63) is 60.2 Å². The minimum Gasteiger partial charge on any atom is -0.497 e. The lowest BCUT2D eigenvalue weighted by Crippen LogP contribution is -2.23. The summed E-state index contributed by atoms with van der Waals surface area (Å²) in [4.78, 5) is 24.1. The minimum atomic E-state index is -0.399. The third-order valence-corrected chi connectivity index (χ3v) is 3.59. The Morgan fingerprint density at radius 3 is 2.50 bits per heavy atom. The van der Waals surface area contributed by atoms with Crippen molar-refractivity contribution in [2.75, 3.05) is 19.0 Å². The molecular formula is C19H21NO4. The molecule has 0 unspecified atom stereocenters. The molecule has 126 valence electrons. The van der Waals surface area contributed by atoms with Crippen molar-refractivity contribution in [1.29, 1.82) is 0 Å². The molecule has 0 saturated heterocycles. The summed E-state index contributed by atoms with van der Waals surface area (Å²) in [7, 11) is 1.55. The summed E-state index contributed by atoms with van der Waals surface area (Å²) in [5, 5.41) is 2.67. The molecule has 2 aromatic carbocycles. The number of hydrogen-bond donors (Lipinski definition) is 1. The molecule has 0 fully saturated rings. The molecule has 0 aliphatic rings. The van der Waals surface area contributed by atoms with Crippen molar-refractivity contribution < 1.29 is 19.1 Å². The Bertz CT molecular complexity index is 685. The van der Waals surface area contributed by atoms with Crippen molar-refractivity contribution in [3.63, 3.8) is 0 Å². The molecule has 5 heteroatoms. The van der Waals surface area contributed by atoms with Gasteiger partial charge in [-0.2, -0.15) is 0 Å². The number of rotatable bonds is 7. The monoisotopic (exact) mass is 327 g/mol. The predicted octanol–water partition coefficient (Wildman–Crippen LogP) is 3.37. The second kappa shape index (κ2) is 8.72. The number of benzene rings is 2. The summed E-state index contributed by atoms with van der Waals surface area (Å²) in [6.45, 7) is 1.59. The topological polar surface area (TPSA) is 64.6 Å². The van der Waals surface area contributed by atoms with Crippen LogP contribution in [0.2, 0.25) is 0 Å². The summed E-state index contributed by atoms with van der Waals surface area (Å²) < 4.78 is 10.3. The summed E-state index contributed by atoms with van der Waals surface area (Å²) in [5.41, 5.74) is 1.48. The zero-order valence-electron chi connectivity index (χ0n) is 13.8. The lowest BCUT2D eigenvalue weighted by molar-refractivity contribution is -0.149. The van der Waals surface area contributed by atoms with Crippen molar-refractivity contribution in [2.24, 2.45) is 0 Å². The van der Waals surface area contributed by atoms with Gasteiger partial charge in [-0.25, -0.2) is 0 Å². The largest absolute Gasteiger partial charge is 0.497 e. The van der Waals surface area contributed by atoms with E-state index in [9.17, 15) is 9.59 Å². The van der Waals surface area contributed by atoms with Crippen LogP contribution in [0.1, 0.15) is 24.8 Å². The van der Waals surface area contributed by atoms with E-state index in [1.54, 1.807) is 31.4 Å². The van der Waals surface area contributed by atoms with E-state index in [0.717, 1.165) is 5.56 Å². The van der Waals surface area contributed by atoms with Gasteiger partial charge in [-0.05, 0) is 24.1 Å². The second-order valence-electron chi connectivity index (χ2n) is 5.26. The molecule has 0 saturated carbocycles. The van der Waals surface area contributed by atoms with Crippen LogP contribution in [0.4, 0.5) is 5.69 Å². The molecule has 2 aromatic rings. The van der Waals surface area contributed by atoms with E-state index in [4.69, 9.17) is 9.47 Å². The first-order chi connectivity index (χ1) is 11.6. The number of hydrogen-bond acceptors (Lipinski definition) is 4. The normalized spacial score (nSPS) is 11.4. The SMILES string of the molecule is CC[C@H](C(=O)OCC(=O)Nc1cccc(OC)c1)c1ccccc1. The highest BCUT2D eigenvalue weighted by atomic mass is 16.5. The number of carbonyl (C=O) groups is 2. The van der Waals surface area contributed by atoms with Crippen molar-refractivity contribution in [3.8, 4) is 5.75 Å². The predicted molar refractivity (Wildman–Crippen MR) is 92.1 cm³/mol. The van der Waals surface area contributed by atoms with E-state index in [1.807, 2.05) is 37.3 Å². The molecule has 0 aromatic heterocycles. The standard InChI is InChI=1S/C19H21NO4/c1-3-17(14-8-5-4-6-9-14)19(22)24-13-18(21)20-15-10-7-11-16(12-15)23-2/h4-12,17H,3,13H2,1-2H3,(H,20,21)/t17-/m0/s1. The number of methoxy groups -OCH3 is 1.